The average Bonchev–Trinajstić information content (AvgIpc) is 2.28. The number of rotatable bonds is 2. The largest absolute Gasteiger partial charge is 0.573 e. The lowest BCUT2D eigenvalue weighted by Crippen LogP contribution is -2.17. The number of halogens is 5. The zero-order valence-electron chi connectivity index (χ0n) is 9.34. The normalized spacial score (nSPS) is 11.4. The Morgan fingerprint density at radius 3 is 2.26 bits per heavy atom. The highest BCUT2D eigenvalue weighted by Gasteiger charge is 2.32. The molecule has 0 saturated carbocycles. The minimum absolute atomic E-state index is 0.0445. The Morgan fingerprint density at radius 2 is 1.63 bits per heavy atom. The molecule has 0 aliphatic rings. The van der Waals surface area contributed by atoms with E-state index in [0.29, 0.717) is 4.47 Å². The molecule has 0 saturated heterocycles. The summed E-state index contributed by atoms with van der Waals surface area (Å²) in [4.78, 5) is 0. The van der Waals surface area contributed by atoms with Crippen molar-refractivity contribution in [3.63, 3.8) is 0 Å². The molecule has 0 spiro atoms. The van der Waals surface area contributed by atoms with Crippen LogP contribution in [0.25, 0.3) is 11.1 Å². The fourth-order valence-electron chi connectivity index (χ4n) is 1.61. The third-order valence-electron chi connectivity index (χ3n) is 2.33. The van der Waals surface area contributed by atoms with E-state index < -0.39 is 17.9 Å². The smallest absolute Gasteiger partial charge is 0.405 e. The number of benzene rings is 2. The number of alkyl halides is 3. The van der Waals surface area contributed by atoms with Crippen molar-refractivity contribution < 1.29 is 22.3 Å². The summed E-state index contributed by atoms with van der Waals surface area (Å²) >= 11 is 3.08. The van der Waals surface area contributed by atoms with Gasteiger partial charge in [0.1, 0.15) is 11.6 Å². The van der Waals surface area contributed by atoms with Crippen LogP contribution in [0.5, 0.6) is 5.75 Å². The molecular weight excluding hydrogens is 328 g/mol. The standard InChI is InChI=1S/C13H7BrF4O/c14-8-5-6-9(11(15)7-8)10-3-1-2-4-12(10)19-13(16,17)18/h1-7H. The first-order chi connectivity index (χ1) is 8.87. The van der Waals surface area contributed by atoms with Crippen molar-refractivity contribution in [3.05, 3.63) is 52.8 Å². The fourth-order valence-corrected chi connectivity index (χ4v) is 1.94. The van der Waals surface area contributed by atoms with Gasteiger partial charge in [0.05, 0.1) is 0 Å². The summed E-state index contributed by atoms with van der Waals surface area (Å²) in [7, 11) is 0. The molecule has 0 aromatic heterocycles. The molecule has 0 heterocycles. The topological polar surface area (TPSA) is 9.23 Å². The SMILES string of the molecule is Fc1cc(Br)ccc1-c1ccccc1OC(F)(F)F. The summed E-state index contributed by atoms with van der Waals surface area (Å²) in [6, 6.07) is 9.53. The summed E-state index contributed by atoms with van der Waals surface area (Å²) < 4.78 is 55.0. The zero-order chi connectivity index (χ0) is 14.0. The van der Waals surface area contributed by atoms with Gasteiger partial charge in [0.15, 0.2) is 0 Å². The number of para-hydroxylation sites is 1. The first-order valence-electron chi connectivity index (χ1n) is 5.17. The Hall–Kier alpha value is -1.56. The lowest BCUT2D eigenvalue weighted by atomic mass is 10.0. The molecule has 0 amide bonds. The average molecular weight is 335 g/mol. The van der Waals surface area contributed by atoms with Crippen LogP contribution in [0.2, 0.25) is 0 Å². The van der Waals surface area contributed by atoms with Crippen molar-refractivity contribution in [1.82, 2.24) is 0 Å². The van der Waals surface area contributed by atoms with Crippen molar-refractivity contribution in [1.29, 1.82) is 0 Å². The molecule has 0 fully saturated rings. The van der Waals surface area contributed by atoms with Crippen LogP contribution in [0.1, 0.15) is 0 Å². The van der Waals surface area contributed by atoms with Gasteiger partial charge in [0.25, 0.3) is 0 Å². The summed E-state index contributed by atoms with van der Waals surface area (Å²) in [5.74, 6) is -1.07. The molecule has 2 aromatic rings. The number of ether oxygens (including phenoxy) is 1. The molecule has 2 aromatic carbocycles. The van der Waals surface area contributed by atoms with Crippen molar-refractivity contribution >= 4 is 15.9 Å². The first-order valence-corrected chi connectivity index (χ1v) is 5.96. The number of hydrogen-bond acceptors (Lipinski definition) is 1. The Kier molecular flexibility index (Phi) is 3.80. The second kappa shape index (κ2) is 5.21. The molecule has 0 unspecified atom stereocenters. The van der Waals surface area contributed by atoms with Gasteiger partial charge in [-0.3, -0.25) is 0 Å². The summed E-state index contributed by atoms with van der Waals surface area (Å²) in [5, 5.41) is 0. The molecule has 19 heavy (non-hydrogen) atoms. The zero-order valence-corrected chi connectivity index (χ0v) is 10.9. The Labute approximate surface area is 114 Å². The lowest BCUT2D eigenvalue weighted by molar-refractivity contribution is -0.274. The predicted octanol–water partition coefficient (Wildman–Crippen LogP) is 5.15. The quantitative estimate of drug-likeness (QED) is 0.690. The predicted molar refractivity (Wildman–Crippen MR) is 66.2 cm³/mol. The van der Waals surface area contributed by atoms with E-state index in [0.717, 1.165) is 6.07 Å². The fraction of sp³-hybridized carbons (Fsp3) is 0.0769. The molecule has 1 nitrogen and oxygen atoms in total. The van der Waals surface area contributed by atoms with E-state index in [1.807, 2.05) is 0 Å². The van der Waals surface area contributed by atoms with Crippen LogP contribution in [0.3, 0.4) is 0 Å². The second-order valence-corrected chi connectivity index (χ2v) is 4.58. The van der Waals surface area contributed by atoms with E-state index in [9.17, 15) is 17.6 Å². The highest BCUT2D eigenvalue weighted by Crippen LogP contribution is 2.35. The van der Waals surface area contributed by atoms with Gasteiger partial charge in [0.2, 0.25) is 0 Å². The molecule has 0 atom stereocenters. The van der Waals surface area contributed by atoms with Crippen molar-refractivity contribution in [2.45, 2.75) is 6.36 Å². The molecule has 0 aliphatic carbocycles. The molecule has 100 valence electrons. The van der Waals surface area contributed by atoms with Crippen LogP contribution in [-0.4, -0.2) is 6.36 Å². The number of hydrogen-bond donors (Lipinski definition) is 0. The highest BCUT2D eigenvalue weighted by molar-refractivity contribution is 9.10. The minimum Gasteiger partial charge on any atom is -0.405 e. The summed E-state index contributed by atoms with van der Waals surface area (Å²) in [6.45, 7) is 0. The molecule has 0 N–H and O–H groups in total. The maximum Gasteiger partial charge on any atom is 0.573 e. The van der Waals surface area contributed by atoms with Crippen LogP contribution in [-0.2, 0) is 0 Å². The van der Waals surface area contributed by atoms with Gasteiger partial charge < -0.3 is 4.74 Å². The van der Waals surface area contributed by atoms with E-state index in [1.165, 1.54) is 30.3 Å². The van der Waals surface area contributed by atoms with Gasteiger partial charge in [-0.05, 0) is 18.2 Å². The van der Waals surface area contributed by atoms with Crippen LogP contribution in [0, 0.1) is 5.82 Å². The van der Waals surface area contributed by atoms with Gasteiger partial charge in [0, 0.05) is 15.6 Å². The van der Waals surface area contributed by atoms with E-state index in [-0.39, 0.29) is 11.1 Å². The van der Waals surface area contributed by atoms with Crippen LogP contribution < -0.4 is 4.74 Å². The molecular formula is C13H7BrF4O. The van der Waals surface area contributed by atoms with Crippen molar-refractivity contribution in [2.24, 2.45) is 0 Å². The van der Waals surface area contributed by atoms with E-state index >= 15 is 0 Å². The first kappa shape index (κ1) is 13.9. The second-order valence-electron chi connectivity index (χ2n) is 3.67. The van der Waals surface area contributed by atoms with Gasteiger partial charge in [-0.15, -0.1) is 13.2 Å². The van der Waals surface area contributed by atoms with Crippen LogP contribution in [0.15, 0.2) is 46.9 Å². The molecule has 0 radical (unpaired) electrons. The van der Waals surface area contributed by atoms with E-state index in [4.69, 9.17) is 0 Å². The third-order valence-corrected chi connectivity index (χ3v) is 2.83. The van der Waals surface area contributed by atoms with E-state index in [1.54, 1.807) is 6.07 Å². The third kappa shape index (κ3) is 3.47. The van der Waals surface area contributed by atoms with Crippen molar-refractivity contribution in [3.8, 4) is 16.9 Å². The summed E-state index contributed by atoms with van der Waals surface area (Å²) in [6.07, 6.45) is -4.82. The van der Waals surface area contributed by atoms with Gasteiger partial charge in [-0.1, -0.05) is 40.2 Å². The van der Waals surface area contributed by atoms with Gasteiger partial charge in [-0.2, -0.15) is 0 Å². The van der Waals surface area contributed by atoms with Crippen molar-refractivity contribution in [2.75, 3.05) is 0 Å². The Morgan fingerprint density at radius 1 is 0.947 bits per heavy atom. The van der Waals surface area contributed by atoms with Crippen LogP contribution >= 0.6 is 15.9 Å². The van der Waals surface area contributed by atoms with Gasteiger partial charge >= 0.3 is 6.36 Å². The molecule has 2 rings (SSSR count). The Bertz CT molecular complexity index is 595. The molecule has 6 heteroatoms. The maximum atomic E-state index is 13.8. The lowest BCUT2D eigenvalue weighted by Gasteiger charge is -2.13. The highest BCUT2D eigenvalue weighted by atomic mass is 79.9. The van der Waals surface area contributed by atoms with Gasteiger partial charge in [-0.25, -0.2) is 4.39 Å². The molecule has 0 aliphatic heterocycles. The van der Waals surface area contributed by atoms with E-state index in [2.05, 4.69) is 20.7 Å². The summed E-state index contributed by atoms with van der Waals surface area (Å²) in [5.41, 5.74) is 0.0906. The minimum atomic E-state index is -4.82. The maximum absolute atomic E-state index is 13.8. The monoisotopic (exact) mass is 334 g/mol. The Balaban J connectivity index is 2.50. The molecule has 0 bridgehead atoms. The van der Waals surface area contributed by atoms with Crippen LogP contribution in [0.4, 0.5) is 17.6 Å².